The van der Waals surface area contributed by atoms with Crippen LogP contribution in [-0.4, -0.2) is 0 Å². The summed E-state index contributed by atoms with van der Waals surface area (Å²) in [7, 11) is 0. The van der Waals surface area contributed by atoms with Crippen molar-refractivity contribution in [1.29, 1.82) is 0 Å². The lowest BCUT2D eigenvalue weighted by molar-refractivity contribution is -0.630. The molecule has 1 aliphatic rings. The monoisotopic (exact) mass is 390 g/mol. The number of hydrogen-bond donors (Lipinski definition) is 0. The lowest BCUT2D eigenvalue weighted by atomic mass is 9.92. The molecule has 1 aromatic heterocycles. The van der Waals surface area contributed by atoms with Gasteiger partial charge in [0.25, 0.3) is 0 Å². The molecule has 2 nitrogen and oxygen atoms in total. The molecule has 0 aliphatic carbocycles. The fourth-order valence-corrected chi connectivity index (χ4v) is 4.84. The molecular formula is C28H26N2. The quantitative estimate of drug-likeness (QED) is 0.301. The minimum atomic E-state index is 0.114. The molecule has 2 heteroatoms. The maximum atomic E-state index is 2.45. The summed E-state index contributed by atoms with van der Waals surface area (Å²) >= 11 is 0. The average Bonchev–Trinajstić information content (AvgIpc) is 3.12. The van der Waals surface area contributed by atoms with Crippen LogP contribution in [0.25, 0.3) is 11.1 Å². The van der Waals surface area contributed by atoms with Crippen molar-refractivity contribution >= 4 is 5.69 Å². The van der Waals surface area contributed by atoms with Crippen LogP contribution in [0.15, 0.2) is 91.1 Å². The van der Waals surface area contributed by atoms with Gasteiger partial charge in [0, 0.05) is 5.69 Å². The number of rotatable bonds is 3. The van der Waals surface area contributed by atoms with E-state index in [1.807, 2.05) is 0 Å². The van der Waals surface area contributed by atoms with Gasteiger partial charge in [-0.1, -0.05) is 90.5 Å². The number of nitrogens with zero attached hydrogens (tertiary/aromatic N) is 2. The largest absolute Gasteiger partial charge is 0.341 e. The molecule has 0 amide bonds. The minimum Gasteiger partial charge on any atom is -0.341 e. The van der Waals surface area contributed by atoms with Crippen LogP contribution in [0.1, 0.15) is 34.0 Å². The zero-order valence-corrected chi connectivity index (χ0v) is 17.7. The predicted octanol–water partition coefficient (Wildman–Crippen LogP) is 6.14. The van der Waals surface area contributed by atoms with Gasteiger partial charge in [-0.25, -0.2) is 0 Å². The summed E-state index contributed by atoms with van der Waals surface area (Å²) in [5, 5.41) is 0. The Morgan fingerprint density at radius 1 is 0.767 bits per heavy atom. The van der Waals surface area contributed by atoms with Gasteiger partial charge in [-0.05, 0) is 48.6 Å². The molecule has 2 heterocycles. The molecule has 0 fully saturated rings. The van der Waals surface area contributed by atoms with E-state index in [0.717, 1.165) is 0 Å². The summed E-state index contributed by atoms with van der Waals surface area (Å²) in [6, 6.07) is 30.6. The SMILES string of the molecule is Cc1cc(C)c(N2[CH-][n+]3ccccc3C2c2ccccc2-c2ccccc2)c(C)c1. The molecule has 1 aliphatic heterocycles. The highest BCUT2D eigenvalue weighted by atomic mass is 15.3. The van der Waals surface area contributed by atoms with Gasteiger partial charge in [0.2, 0.25) is 0 Å². The van der Waals surface area contributed by atoms with Crippen molar-refractivity contribution in [3.8, 4) is 11.1 Å². The van der Waals surface area contributed by atoms with Gasteiger partial charge in [0.15, 0.2) is 0 Å². The van der Waals surface area contributed by atoms with E-state index in [9.17, 15) is 0 Å². The molecule has 0 radical (unpaired) electrons. The Hall–Kier alpha value is -3.52. The molecule has 0 saturated heterocycles. The summed E-state index contributed by atoms with van der Waals surface area (Å²) < 4.78 is 2.26. The minimum absolute atomic E-state index is 0.114. The van der Waals surface area contributed by atoms with E-state index in [2.05, 4.69) is 128 Å². The number of fused-ring (bicyclic) bond motifs is 1. The first-order valence-electron chi connectivity index (χ1n) is 10.5. The Kier molecular flexibility index (Phi) is 4.55. The highest BCUT2D eigenvalue weighted by Gasteiger charge is 2.35. The molecule has 148 valence electrons. The molecule has 0 N–H and O–H groups in total. The van der Waals surface area contributed by atoms with Gasteiger partial charge in [-0.15, -0.1) is 0 Å². The summed E-state index contributed by atoms with van der Waals surface area (Å²) in [5.41, 5.74) is 10.3. The van der Waals surface area contributed by atoms with Crippen molar-refractivity contribution in [2.45, 2.75) is 26.8 Å². The van der Waals surface area contributed by atoms with Crippen molar-refractivity contribution in [2.75, 3.05) is 4.90 Å². The van der Waals surface area contributed by atoms with Crippen molar-refractivity contribution in [3.05, 3.63) is 126 Å². The Balaban J connectivity index is 1.73. The van der Waals surface area contributed by atoms with Crippen LogP contribution in [0, 0.1) is 27.4 Å². The number of benzene rings is 3. The number of hydrogen-bond acceptors (Lipinski definition) is 1. The third-order valence-corrected chi connectivity index (χ3v) is 5.96. The van der Waals surface area contributed by atoms with Crippen LogP contribution in [0.3, 0.4) is 0 Å². The molecular weight excluding hydrogens is 364 g/mol. The molecule has 30 heavy (non-hydrogen) atoms. The Labute approximate surface area is 179 Å². The molecule has 4 aromatic rings. The average molecular weight is 391 g/mol. The third kappa shape index (κ3) is 3.05. The van der Waals surface area contributed by atoms with Gasteiger partial charge >= 0.3 is 0 Å². The summed E-state index contributed by atoms with van der Waals surface area (Å²) in [6.45, 7) is 8.85. The van der Waals surface area contributed by atoms with Crippen molar-refractivity contribution in [2.24, 2.45) is 0 Å². The van der Waals surface area contributed by atoms with E-state index in [0.29, 0.717) is 0 Å². The smallest absolute Gasteiger partial charge is 0.145 e. The molecule has 5 rings (SSSR count). The zero-order valence-electron chi connectivity index (χ0n) is 17.7. The maximum Gasteiger partial charge on any atom is 0.145 e. The topological polar surface area (TPSA) is 7.12 Å². The Morgan fingerprint density at radius 3 is 2.20 bits per heavy atom. The van der Waals surface area contributed by atoms with E-state index < -0.39 is 0 Å². The van der Waals surface area contributed by atoms with Crippen LogP contribution >= 0.6 is 0 Å². The second-order valence-corrected chi connectivity index (χ2v) is 8.16. The first-order valence-corrected chi connectivity index (χ1v) is 10.5. The molecule has 0 saturated carbocycles. The van der Waals surface area contributed by atoms with Crippen LogP contribution in [0.5, 0.6) is 0 Å². The zero-order chi connectivity index (χ0) is 20.7. The highest BCUT2D eigenvalue weighted by molar-refractivity contribution is 5.72. The fourth-order valence-electron chi connectivity index (χ4n) is 4.84. The van der Waals surface area contributed by atoms with Crippen molar-refractivity contribution in [3.63, 3.8) is 0 Å². The van der Waals surface area contributed by atoms with Gasteiger partial charge in [-0.2, -0.15) is 0 Å². The lowest BCUT2D eigenvalue weighted by Gasteiger charge is -2.31. The number of anilines is 1. The van der Waals surface area contributed by atoms with Gasteiger partial charge < -0.3 is 9.47 Å². The van der Waals surface area contributed by atoms with E-state index in [1.165, 1.54) is 44.8 Å². The first kappa shape index (κ1) is 18.5. The van der Waals surface area contributed by atoms with Crippen LogP contribution in [0.4, 0.5) is 5.69 Å². The Morgan fingerprint density at radius 2 is 1.43 bits per heavy atom. The predicted molar refractivity (Wildman–Crippen MR) is 123 cm³/mol. The van der Waals surface area contributed by atoms with Gasteiger partial charge in [0.1, 0.15) is 12.4 Å². The first-order chi connectivity index (χ1) is 14.6. The second-order valence-electron chi connectivity index (χ2n) is 8.16. The molecule has 1 atom stereocenters. The molecule has 0 spiro atoms. The van der Waals surface area contributed by atoms with Crippen LogP contribution in [-0.2, 0) is 0 Å². The standard InChI is InChI=1S/C28H26N2/c1-20-17-21(2)27(22(3)18-20)30-19-29-16-10-9-15-26(29)28(30)25-14-8-7-13-24(25)23-11-5-4-6-12-23/h4-19,28H,1-3H3. The summed E-state index contributed by atoms with van der Waals surface area (Å²) in [4.78, 5) is 2.45. The Bertz CT molecular complexity index is 1190. The van der Waals surface area contributed by atoms with E-state index in [1.54, 1.807) is 0 Å². The van der Waals surface area contributed by atoms with Gasteiger partial charge in [0.05, 0.1) is 12.2 Å². The molecule has 3 aromatic carbocycles. The van der Waals surface area contributed by atoms with E-state index in [-0.39, 0.29) is 6.04 Å². The lowest BCUT2D eigenvalue weighted by Crippen LogP contribution is -2.33. The van der Waals surface area contributed by atoms with Crippen molar-refractivity contribution < 1.29 is 4.57 Å². The van der Waals surface area contributed by atoms with Crippen LogP contribution in [0.2, 0.25) is 0 Å². The van der Waals surface area contributed by atoms with Gasteiger partial charge in [-0.3, -0.25) is 0 Å². The fraction of sp³-hybridized carbons (Fsp3) is 0.143. The van der Waals surface area contributed by atoms with E-state index >= 15 is 0 Å². The summed E-state index contributed by atoms with van der Waals surface area (Å²) in [6.07, 6.45) is 2.15. The number of aromatic nitrogens is 1. The highest BCUT2D eigenvalue weighted by Crippen LogP contribution is 2.42. The van der Waals surface area contributed by atoms with Crippen molar-refractivity contribution in [1.82, 2.24) is 0 Å². The normalized spacial score (nSPS) is 15.0. The van der Waals surface area contributed by atoms with E-state index in [4.69, 9.17) is 0 Å². The summed E-state index contributed by atoms with van der Waals surface area (Å²) in [5.74, 6) is 0. The number of aryl methyl sites for hydroxylation is 3. The second kappa shape index (κ2) is 7.38. The number of pyridine rings is 1. The van der Waals surface area contributed by atoms with Crippen LogP contribution < -0.4 is 9.47 Å². The molecule has 0 bridgehead atoms. The maximum absolute atomic E-state index is 2.45. The third-order valence-electron chi connectivity index (χ3n) is 5.96. The molecule has 1 unspecified atom stereocenters.